The molecule has 4 heteroatoms. The minimum Gasteiger partial charge on any atom is -0.208 e. The number of hydrogen-bond acceptors (Lipinski definition) is 3. The van der Waals surface area contributed by atoms with E-state index >= 15 is 0 Å². The van der Waals surface area contributed by atoms with E-state index in [0.717, 1.165) is 43.8 Å². The van der Waals surface area contributed by atoms with E-state index in [9.17, 15) is 0 Å². The summed E-state index contributed by atoms with van der Waals surface area (Å²) in [6.07, 6.45) is 0. The summed E-state index contributed by atoms with van der Waals surface area (Å²) in [5.41, 5.74) is 6.47. The van der Waals surface area contributed by atoms with Crippen LogP contribution < -0.4 is 0 Å². The molecule has 0 bridgehead atoms. The molecule has 220 valence electrons. The van der Waals surface area contributed by atoms with Crippen LogP contribution in [-0.2, 0) is 0 Å². The maximum atomic E-state index is 6.63. The van der Waals surface area contributed by atoms with E-state index < -0.39 is 0 Å². The van der Waals surface area contributed by atoms with Crippen LogP contribution in [0.15, 0.2) is 158 Å². The van der Waals surface area contributed by atoms with Gasteiger partial charge in [0.05, 0.1) is 0 Å². The normalized spacial score (nSPS) is 11.5. The summed E-state index contributed by atoms with van der Waals surface area (Å²) < 4.78 is 0. The molecule has 0 aliphatic carbocycles. The van der Waals surface area contributed by atoms with Gasteiger partial charge in [-0.2, -0.15) is 9.97 Å². The van der Waals surface area contributed by atoms with Crippen LogP contribution in [0.3, 0.4) is 0 Å². The van der Waals surface area contributed by atoms with Crippen molar-refractivity contribution >= 4 is 54.7 Å². The average Bonchev–Trinajstić information content (AvgIpc) is 3.13. The number of aromatic nitrogens is 3. The summed E-state index contributed by atoms with van der Waals surface area (Å²) in [6, 6.07) is 55.5. The van der Waals surface area contributed by atoms with E-state index in [4.69, 9.17) is 16.6 Å². The van der Waals surface area contributed by atoms with Crippen LogP contribution >= 0.6 is 11.6 Å². The van der Waals surface area contributed by atoms with Gasteiger partial charge < -0.3 is 0 Å². The fraction of sp³-hybridized carbons (Fsp3) is 0. The third-order valence-corrected chi connectivity index (χ3v) is 9.22. The molecule has 1 heterocycles. The zero-order valence-electron chi connectivity index (χ0n) is 25.2. The smallest absolute Gasteiger partial charge is 0.208 e. The van der Waals surface area contributed by atoms with Crippen LogP contribution in [0.5, 0.6) is 0 Å². The molecule has 9 rings (SSSR count). The predicted octanol–water partition coefficient (Wildman–Crippen LogP) is 11.8. The molecule has 0 N–H and O–H groups in total. The summed E-state index contributed by atoms with van der Waals surface area (Å²) >= 11 is 6.63. The topological polar surface area (TPSA) is 38.7 Å². The van der Waals surface area contributed by atoms with Crippen molar-refractivity contribution in [2.75, 3.05) is 0 Å². The highest BCUT2D eigenvalue weighted by atomic mass is 35.5. The lowest BCUT2D eigenvalue weighted by Crippen LogP contribution is -1.98. The standard InChI is InChI=1S/C43H26ClN3/c44-43-46-41(32-22-20-29-13-8-18-38(40(29)26-32)36-17-7-12-28-10-3-4-14-33(28)36)45-42(47-43)39-24-23-34(35-15-5-6-16-37(35)39)31-21-19-27-9-1-2-11-30(27)25-31/h1-26H. The molecule has 0 aliphatic rings. The van der Waals surface area contributed by atoms with Gasteiger partial charge in [-0.3, -0.25) is 0 Å². The van der Waals surface area contributed by atoms with Crippen molar-refractivity contribution in [1.82, 2.24) is 15.0 Å². The number of benzene rings is 8. The first kappa shape index (κ1) is 27.4. The van der Waals surface area contributed by atoms with E-state index in [1.807, 2.05) is 0 Å². The van der Waals surface area contributed by atoms with Gasteiger partial charge in [-0.25, -0.2) is 4.98 Å². The van der Waals surface area contributed by atoms with Crippen LogP contribution in [0.2, 0.25) is 5.28 Å². The van der Waals surface area contributed by atoms with Crippen LogP contribution in [0, 0.1) is 0 Å². The fourth-order valence-electron chi connectivity index (χ4n) is 6.81. The Bertz CT molecular complexity index is 2660. The zero-order chi connectivity index (χ0) is 31.3. The van der Waals surface area contributed by atoms with Gasteiger partial charge in [0.25, 0.3) is 0 Å². The Balaban J connectivity index is 1.18. The number of nitrogens with zero attached hydrogens (tertiary/aromatic N) is 3. The van der Waals surface area contributed by atoms with Gasteiger partial charge in [0, 0.05) is 11.1 Å². The Morgan fingerprint density at radius 3 is 1.68 bits per heavy atom. The third kappa shape index (κ3) is 4.80. The summed E-state index contributed by atoms with van der Waals surface area (Å²) in [5, 5.41) is 9.50. The summed E-state index contributed by atoms with van der Waals surface area (Å²) in [5.74, 6) is 1.08. The predicted molar refractivity (Wildman–Crippen MR) is 197 cm³/mol. The molecule has 0 saturated heterocycles. The Morgan fingerprint density at radius 1 is 0.319 bits per heavy atom. The SMILES string of the molecule is Clc1nc(-c2ccc3cccc(-c4cccc5ccccc45)c3c2)nc(-c2ccc(-c3ccc4ccccc4c3)c3ccccc23)n1. The second-order valence-electron chi connectivity index (χ2n) is 11.8. The molecule has 3 nitrogen and oxygen atoms in total. The quantitative estimate of drug-likeness (QED) is 0.197. The van der Waals surface area contributed by atoms with Crippen LogP contribution in [0.4, 0.5) is 0 Å². The molecule has 0 spiro atoms. The zero-order valence-corrected chi connectivity index (χ0v) is 26.0. The summed E-state index contributed by atoms with van der Waals surface area (Å²) in [4.78, 5) is 14.3. The molecule has 0 unspecified atom stereocenters. The van der Waals surface area contributed by atoms with E-state index in [1.165, 1.54) is 32.7 Å². The van der Waals surface area contributed by atoms with Crippen LogP contribution in [0.1, 0.15) is 0 Å². The van der Waals surface area contributed by atoms with Crippen molar-refractivity contribution in [3.05, 3.63) is 163 Å². The van der Waals surface area contributed by atoms with E-state index in [1.54, 1.807) is 0 Å². The van der Waals surface area contributed by atoms with Crippen molar-refractivity contribution < 1.29 is 0 Å². The Morgan fingerprint density at radius 2 is 0.872 bits per heavy atom. The van der Waals surface area contributed by atoms with Gasteiger partial charge in [0.1, 0.15) is 0 Å². The molecule has 0 saturated carbocycles. The average molecular weight is 620 g/mol. The highest BCUT2D eigenvalue weighted by Crippen LogP contribution is 2.38. The number of rotatable bonds is 4. The maximum Gasteiger partial charge on any atom is 0.226 e. The van der Waals surface area contributed by atoms with Crippen LogP contribution in [0.25, 0.3) is 88.1 Å². The molecule has 0 aliphatic heterocycles. The lowest BCUT2D eigenvalue weighted by molar-refractivity contribution is 1.07. The second kappa shape index (κ2) is 11.2. The monoisotopic (exact) mass is 619 g/mol. The molecular weight excluding hydrogens is 594 g/mol. The summed E-state index contributed by atoms with van der Waals surface area (Å²) in [7, 11) is 0. The van der Waals surface area contributed by atoms with Crippen molar-refractivity contribution in [3.8, 4) is 45.0 Å². The number of hydrogen-bond donors (Lipinski definition) is 0. The second-order valence-corrected chi connectivity index (χ2v) is 12.1. The molecule has 0 fully saturated rings. The Labute approximate surface area is 276 Å². The van der Waals surface area contributed by atoms with E-state index in [-0.39, 0.29) is 5.28 Å². The van der Waals surface area contributed by atoms with Crippen molar-refractivity contribution in [2.24, 2.45) is 0 Å². The van der Waals surface area contributed by atoms with Gasteiger partial charge in [-0.1, -0.05) is 140 Å². The molecule has 1 aromatic heterocycles. The Kier molecular flexibility index (Phi) is 6.51. The molecule has 47 heavy (non-hydrogen) atoms. The van der Waals surface area contributed by atoms with Gasteiger partial charge in [-0.05, 0) is 95.1 Å². The maximum absolute atomic E-state index is 6.63. The highest BCUT2D eigenvalue weighted by molar-refractivity contribution is 6.28. The lowest BCUT2D eigenvalue weighted by atomic mass is 9.93. The third-order valence-electron chi connectivity index (χ3n) is 9.05. The first-order valence-electron chi connectivity index (χ1n) is 15.6. The van der Waals surface area contributed by atoms with Gasteiger partial charge in [0.2, 0.25) is 5.28 Å². The van der Waals surface area contributed by atoms with E-state index in [0.29, 0.717) is 11.6 Å². The molecule has 0 atom stereocenters. The number of halogens is 1. The first-order chi connectivity index (χ1) is 23.2. The van der Waals surface area contributed by atoms with Crippen molar-refractivity contribution in [1.29, 1.82) is 0 Å². The minimum atomic E-state index is 0.162. The molecule has 0 radical (unpaired) electrons. The van der Waals surface area contributed by atoms with Crippen LogP contribution in [-0.4, -0.2) is 15.0 Å². The fourth-order valence-corrected chi connectivity index (χ4v) is 6.97. The van der Waals surface area contributed by atoms with Gasteiger partial charge in [0.15, 0.2) is 11.6 Å². The van der Waals surface area contributed by atoms with Gasteiger partial charge >= 0.3 is 0 Å². The van der Waals surface area contributed by atoms with E-state index in [2.05, 4.69) is 168 Å². The molecular formula is C43H26ClN3. The van der Waals surface area contributed by atoms with Crippen molar-refractivity contribution in [2.45, 2.75) is 0 Å². The Hall–Kier alpha value is -5.90. The van der Waals surface area contributed by atoms with Gasteiger partial charge in [-0.15, -0.1) is 0 Å². The summed E-state index contributed by atoms with van der Waals surface area (Å²) in [6.45, 7) is 0. The first-order valence-corrected chi connectivity index (χ1v) is 16.0. The molecule has 8 aromatic carbocycles. The number of fused-ring (bicyclic) bond motifs is 4. The van der Waals surface area contributed by atoms with Crippen molar-refractivity contribution in [3.63, 3.8) is 0 Å². The molecule has 0 amide bonds. The largest absolute Gasteiger partial charge is 0.226 e. The molecule has 9 aromatic rings. The minimum absolute atomic E-state index is 0.162. The lowest BCUT2D eigenvalue weighted by Gasteiger charge is -2.13. The highest BCUT2D eigenvalue weighted by Gasteiger charge is 2.16.